The lowest BCUT2D eigenvalue weighted by atomic mass is 9.85. The molecular weight excluding hydrogens is 278 g/mol. The monoisotopic (exact) mass is 297 g/mol. The van der Waals surface area contributed by atoms with Crippen LogP contribution in [-0.4, -0.2) is 28.5 Å². The van der Waals surface area contributed by atoms with E-state index >= 15 is 0 Å². The third-order valence-electron chi connectivity index (χ3n) is 3.89. The number of nitrogens with one attached hydrogen (secondary N) is 1. The Hall–Kier alpha value is -1.47. The maximum atomic E-state index is 12.4. The average molecular weight is 297 g/mol. The van der Waals surface area contributed by atoms with Crippen LogP contribution in [0.3, 0.4) is 0 Å². The van der Waals surface area contributed by atoms with Gasteiger partial charge in [-0.25, -0.2) is 9.78 Å². The molecule has 20 heavy (non-hydrogen) atoms. The molecule has 110 valence electrons. The molecule has 1 saturated carbocycles. The summed E-state index contributed by atoms with van der Waals surface area (Å²) < 4.78 is 0. The number of carbonyl (C=O) groups is 2. The minimum Gasteiger partial charge on any atom is -0.476 e. The fourth-order valence-electron chi connectivity index (χ4n) is 2.57. The summed E-state index contributed by atoms with van der Waals surface area (Å²) >= 11 is 1.24. The van der Waals surface area contributed by atoms with Gasteiger partial charge in [-0.3, -0.25) is 4.79 Å². The first kappa shape index (κ1) is 14.9. The molecule has 1 amide bonds. The van der Waals surface area contributed by atoms with Crippen molar-refractivity contribution in [2.75, 3.05) is 6.54 Å². The van der Waals surface area contributed by atoms with Gasteiger partial charge in [0.1, 0.15) is 5.01 Å². The molecule has 0 saturated heterocycles. The number of aromatic carboxylic acids is 1. The van der Waals surface area contributed by atoms with Gasteiger partial charge in [0.2, 0.25) is 5.91 Å². The molecule has 1 unspecified atom stereocenters. The van der Waals surface area contributed by atoms with E-state index in [2.05, 4.69) is 10.3 Å². The topological polar surface area (TPSA) is 105 Å². The van der Waals surface area contributed by atoms with E-state index in [4.69, 9.17) is 10.8 Å². The molecule has 0 aliphatic heterocycles. The summed E-state index contributed by atoms with van der Waals surface area (Å²) in [4.78, 5) is 27.2. The number of hydrogen-bond donors (Lipinski definition) is 3. The Morgan fingerprint density at radius 1 is 1.55 bits per heavy atom. The van der Waals surface area contributed by atoms with Gasteiger partial charge in [0.15, 0.2) is 5.69 Å². The zero-order valence-electron chi connectivity index (χ0n) is 11.4. The lowest BCUT2D eigenvalue weighted by Gasteiger charge is -2.27. The Labute approximate surface area is 121 Å². The summed E-state index contributed by atoms with van der Waals surface area (Å²) in [6.45, 7) is 2.16. The Morgan fingerprint density at radius 2 is 2.20 bits per heavy atom. The highest BCUT2D eigenvalue weighted by Crippen LogP contribution is 2.37. The van der Waals surface area contributed by atoms with E-state index in [1.807, 2.05) is 6.92 Å². The highest BCUT2D eigenvalue weighted by atomic mass is 32.1. The Morgan fingerprint density at radius 3 is 2.70 bits per heavy atom. The van der Waals surface area contributed by atoms with Crippen LogP contribution in [0, 0.1) is 5.41 Å². The third-order valence-corrected chi connectivity index (χ3v) is 4.92. The van der Waals surface area contributed by atoms with Crippen molar-refractivity contribution in [1.29, 1.82) is 0 Å². The fourth-order valence-corrected chi connectivity index (χ4v) is 3.37. The first-order valence-electron chi connectivity index (χ1n) is 6.68. The number of carboxylic acid groups (broad SMARTS) is 1. The standard InChI is InChI=1S/C13H19N3O3S/c1-8(10-16-9(6-20-10)11(17)18)15-12(19)13(7-14)4-2-3-5-13/h6,8H,2-5,7,14H2,1H3,(H,15,19)(H,17,18). The van der Waals surface area contributed by atoms with Crippen LogP contribution in [0.4, 0.5) is 0 Å². The molecule has 1 heterocycles. The number of hydrogen-bond acceptors (Lipinski definition) is 5. The van der Waals surface area contributed by atoms with Crippen molar-refractivity contribution in [3.63, 3.8) is 0 Å². The number of carbonyl (C=O) groups excluding carboxylic acids is 1. The molecule has 6 nitrogen and oxygen atoms in total. The van der Waals surface area contributed by atoms with E-state index in [9.17, 15) is 9.59 Å². The number of nitrogens with zero attached hydrogens (tertiary/aromatic N) is 1. The van der Waals surface area contributed by atoms with Crippen LogP contribution >= 0.6 is 11.3 Å². The number of aromatic nitrogens is 1. The second kappa shape index (κ2) is 5.88. The van der Waals surface area contributed by atoms with Gasteiger partial charge in [-0.05, 0) is 19.8 Å². The smallest absolute Gasteiger partial charge is 0.355 e. The molecule has 0 aromatic carbocycles. The zero-order valence-corrected chi connectivity index (χ0v) is 12.2. The van der Waals surface area contributed by atoms with Crippen molar-refractivity contribution in [2.24, 2.45) is 11.1 Å². The van der Waals surface area contributed by atoms with Crippen LogP contribution in [0.1, 0.15) is 54.1 Å². The predicted molar refractivity (Wildman–Crippen MR) is 75.6 cm³/mol. The average Bonchev–Trinajstić information content (AvgIpc) is 3.08. The highest BCUT2D eigenvalue weighted by molar-refractivity contribution is 7.09. The Kier molecular flexibility index (Phi) is 4.39. The minimum absolute atomic E-state index is 0.0144. The molecule has 1 aliphatic rings. The molecule has 0 spiro atoms. The van der Waals surface area contributed by atoms with Gasteiger partial charge in [-0.2, -0.15) is 0 Å². The lowest BCUT2D eigenvalue weighted by Crippen LogP contribution is -2.44. The molecule has 1 aromatic rings. The van der Waals surface area contributed by atoms with Crippen molar-refractivity contribution in [1.82, 2.24) is 10.3 Å². The maximum absolute atomic E-state index is 12.4. The molecule has 7 heteroatoms. The molecular formula is C13H19N3O3S. The molecule has 1 fully saturated rings. The van der Waals surface area contributed by atoms with Crippen LogP contribution in [0.25, 0.3) is 0 Å². The second-order valence-electron chi connectivity index (χ2n) is 5.26. The summed E-state index contributed by atoms with van der Waals surface area (Å²) in [5.74, 6) is -1.10. The largest absolute Gasteiger partial charge is 0.476 e. The SMILES string of the molecule is CC(NC(=O)C1(CN)CCCC1)c1nc(C(=O)O)cs1. The molecule has 0 radical (unpaired) electrons. The number of rotatable bonds is 5. The van der Waals surface area contributed by atoms with Crippen molar-refractivity contribution in [3.05, 3.63) is 16.1 Å². The Bertz CT molecular complexity index is 509. The van der Waals surface area contributed by atoms with Gasteiger partial charge in [0, 0.05) is 11.9 Å². The van der Waals surface area contributed by atoms with E-state index in [0.717, 1.165) is 25.7 Å². The van der Waals surface area contributed by atoms with Crippen molar-refractivity contribution in [3.8, 4) is 0 Å². The molecule has 4 N–H and O–H groups in total. The van der Waals surface area contributed by atoms with Crippen molar-refractivity contribution in [2.45, 2.75) is 38.6 Å². The normalized spacial score (nSPS) is 18.7. The second-order valence-corrected chi connectivity index (χ2v) is 6.15. The lowest BCUT2D eigenvalue weighted by molar-refractivity contribution is -0.131. The van der Waals surface area contributed by atoms with Gasteiger partial charge >= 0.3 is 5.97 Å². The highest BCUT2D eigenvalue weighted by Gasteiger charge is 2.40. The van der Waals surface area contributed by atoms with E-state index in [1.54, 1.807) is 0 Å². The van der Waals surface area contributed by atoms with Crippen LogP contribution in [0.5, 0.6) is 0 Å². The van der Waals surface area contributed by atoms with Crippen LogP contribution in [0.15, 0.2) is 5.38 Å². The summed E-state index contributed by atoms with van der Waals surface area (Å²) in [7, 11) is 0. The van der Waals surface area contributed by atoms with E-state index in [1.165, 1.54) is 16.7 Å². The first-order valence-corrected chi connectivity index (χ1v) is 7.56. The predicted octanol–water partition coefficient (Wildman–Crippen LogP) is 1.54. The number of nitrogens with two attached hydrogens (primary N) is 1. The van der Waals surface area contributed by atoms with Gasteiger partial charge in [-0.1, -0.05) is 12.8 Å². The maximum Gasteiger partial charge on any atom is 0.355 e. The number of thiazole rings is 1. The summed E-state index contributed by atoms with van der Waals surface area (Å²) in [6.07, 6.45) is 3.69. The number of carboxylic acids is 1. The van der Waals surface area contributed by atoms with Crippen LogP contribution in [-0.2, 0) is 4.79 Å². The van der Waals surface area contributed by atoms with Gasteiger partial charge in [0.05, 0.1) is 11.5 Å². The minimum atomic E-state index is -1.06. The van der Waals surface area contributed by atoms with Crippen LogP contribution in [0.2, 0.25) is 0 Å². The molecule has 2 rings (SSSR count). The molecule has 1 aliphatic carbocycles. The summed E-state index contributed by atoms with van der Waals surface area (Å²) in [5, 5.41) is 13.9. The van der Waals surface area contributed by atoms with Crippen molar-refractivity contribution < 1.29 is 14.7 Å². The van der Waals surface area contributed by atoms with E-state index < -0.39 is 11.4 Å². The van der Waals surface area contributed by atoms with Crippen molar-refractivity contribution >= 4 is 23.2 Å². The van der Waals surface area contributed by atoms with E-state index in [0.29, 0.717) is 11.6 Å². The molecule has 1 atom stereocenters. The summed E-state index contributed by atoms with van der Waals surface area (Å²) in [5.41, 5.74) is 5.33. The number of amides is 1. The zero-order chi connectivity index (χ0) is 14.8. The molecule has 0 bridgehead atoms. The molecule has 1 aromatic heterocycles. The van der Waals surface area contributed by atoms with Gasteiger partial charge in [0.25, 0.3) is 0 Å². The fraction of sp³-hybridized carbons (Fsp3) is 0.615. The Balaban J connectivity index is 2.04. The first-order chi connectivity index (χ1) is 9.48. The van der Waals surface area contributed by atoms with Gasteiger partial charge in [-0.15, -0.1) is 11.3 Å². The van der Waals surface area contributed by atoms with Gasteiger partial charge < -0.3 is 16.2 Å². The summed E-state index contributed by atoms with van der Waals surface area (Å²) in [6, 6.07) is -0.301. The quantitative estimate of drug-likeness (QED) is 0.764. The van der Waals surface area contributed by atoms with E-state index in [-0.39, 0.29) is 17.6 Å². The third kappa shape index (κ3) is 2.83. The van der Waals surface area contributed by atoms with Crippen LogP contribution < -0.4 is 11.1 Å².